The van der Waals surface area contributed by atoms with Crippen LogP contribution >= 0.6 is 0 Å². The summed E-state index contributed by atoms with van der Waals surface area (Å²) in [5, 5.41) is 21.7. The standard InChI is InChI=1S/C30H48O2/c1-18(2)19(3)17-27(32)21(5)23-11-15-30(8)25-10-9-22-20(4)26(31)13-14-28(22,6)24(25)12-16-29(23,30)7/h10,12,18,20-23,26-27,31-32H,3,9,11,13-17H2,1-2,4-8H3/t20-,21-,22?,23+,26+,27+,28-,29+,30-/m0/s1. The van der Waals surface area contributed by atoms with Crippen molar-refractivity contribution in [3.63, 3.8) is 0 Å². The molecule has 4 aliphatic rings. The van der Waals surface area contributed by atoms with E-state index in [2.05, 4.69) is 67.2 Å². The van der Waals surface area contributed by atoms with E-state index in [1.807, 2.05) is 0 Å². The molecule has 2 fully saturated rings. The molecule has 0 aliphatic heterocycles. The summed E-state index contributed by atoms with van der Waals surface area (Å²) in [5.74, 6) is 2.16. The molecule has 2 heteroatoms. The topological polar surface area (TPSA) is 40.5 Å². The van der Waals surface area contributed by atoms with E-state index in [1.54, 1.807) is 11.1 Å². The molecule has 4 aliphatic carbocycles. The van der Waals surface area contributed by atoms with Gasteiger partial charge in [0, 0.05) is 0 Å². The van der Waals surface area contributed by atoms with Crippen molar-refractivity contribution < 1.29 is 10.2 Å². The molecule has 2 nitrogen and oxygen atoms in total. The minimum Gasteiger partial charge on any atom is -0.393 e. The Kier molecular flexibility index (Phi) is 6.16. The van der Waals surface area contributed by atoms with Crippen molar-refractivity contribution >= 4 is 0 Å². The zero-order chi connectivity index (χ0) is 23.6. The number of rotatable bonds is 5. The number of hydrogen-bond acceptors (Lipinski definition) is 2. The third kappa shape index (κ3) is 3.34. The highest BCUT2D eigenvalue weighted by Gasteiger charge is 2.62. The van der Waals surface area contributed by atoms with Gasteiger partial charge in [0.05, 0.1) is 12.2 Å². The quantitative estimate of drug-likeness (QED) is 0.448. The molecule has 9 atom stereocenters. The van der Waals surface area contributed by atoms with E-state index in [9.17, 15) is 10.2 Å². The fourth-order valence-electron chi connectivity index (χ4n) is 8.47. The van der Waals surface area contributed by atoms with Crippen molar-refractivity contribution in [3.8, 4) is 0 Å². The lowest BCUT2D eigenvalue weighted by molar-refractivity contribution is -0.0279. The summed E-state index contributed by atoms with van der Waals surface area (Å²) in [6.45, 7) is 20.7. The van der Waals surface area contributed by atoms with E-state index < -0.39 is 0 Å². The summed E-state index contributed by atoms with van der Waals surface area (Å²) < 4.78 is 0. The van der Waals surface area contributed by atoms with Gasteiger partial charge in [-0.25, -0.2) is 0 Å². The van der Waals surface area contributed by atoms with Crippen LogP contribution in [0.25, 0.3) is 0 Å². The van der Waals surface area contributed by atoms with Crippen LogP contribution < -0.4 is 0 Å². The van der Waals surface area contributed by atoms with E-state index in [1.165, 1.54) is 18.4 Å². The predicted octanol–water partition coefficient (Wildman–Crippen LogP) is 7.08. The van der Waals surface area contributed by atoms with Crippen LogP contribution in [0, 0.1) is 45.8 Å². The van der Waals surface area contributed by atoms with Gasteiger partial charge < -0.3 is 10.2 Å². The van der Waals surface area contributed by atoms with Crippen molar-refractivity contribution in [3.05, 3.63) is 35.5 Å². The zero-order valence-corrected chi connectivity index (χ0v) is 21.7. The zero-order valence-electron chi connectivity index (χ0n) is 21.7. The summed E-state index contributed by atoms with van der Waals surface area (Å²) in [6.07, 6.45) is 12.1. The molecule has 0 saturated heterocycles. The lowest BCUT2D eigenvalue weighted by atomic mass is 9.46. The molecule has 0 aromatic heterocycles. The van der Waals surface area contributed by atoms with Crippen LogP contribution in [0.4, 0.5) is 0 Å². The molecule has 0 aromatic carbocycles. The molecule has 2 N–H and O–H groups in total. The summed E-state index contributed by atoms with van der Waals surface area (Å²) in [5.41, 5.74) is 4.95. The van der Waals surface area contributed by atoms with E-state index in [0.29, 0.717) is 23.7 Å². The summed E-state index contributed by atoms with van der Waals surface area (Å²) in [6, 6.07) is 0. The van der Waals surface area contributed by atoms with Crippen LogP contribution in [-0.4, -0.2) is 22.4 Å². The average Bonchev–Trinajstić information content (AvgIpc) is 3.01. The van der Waals surface area contributed by atoms with Crippen molar-refractivity contribution in [1.29, 1.82) is 0 Å². The Labute approximate surface area is 197 Å². The van der Waals surface area contributed by atoms with E-state index >= 15 is 0 Å². The Morgan fingerprint density at radius 3 is 2.44 bits per heavy atom. The Morgan fingerprint density at radius 1 is 1.09 bits per heavy atom. The molecule has 32 heavy (non-hydrogen) atoms. The second kappa shape index (κ2) is 8.12. The minimum absolute atomic E-state index is 0.146. The van der Waals surface area contributed by atoms with Gasteiger partial charge in [-0.05, 0) is 102 Å². The highest BCUT2D eigenvalue weighted by atomic mass is 16.3. The maximum absolute atomic E-state index is 11.2. The van der Waals surface area contributed by atoms with Crippen LogP contribution in [0.2, 0.25) is 0 Å². The molecule has 0 aromatic rings. The molecule has 0 amide bonds. The fraction of sp³-hybridized carbons (Fsp3) is 0.800. The highest BCUT2D eigenvalue weighted by Crippen LogP contribution is 2.70. The Balaban J connectivity index is 1.64. The monoisotopic (exact) mass is 440 g/mol. The highest BCUT2D eigenvalue weighted by molar-refractivity contribution is 5.49. The minimum atomic E-state index is -0.303. The van der Waals surface area contributed by atoms with E-state index in [0.717, 1.165) is 32.1 Å². The van der Waals surface area contributed by atoms with Crippen molar-refractivity contribution in [2.75, 3.05) is 0 Å². The first-order chi connectivity index (χ1) is 14.9. The van der Waals surface area contributed by atoms with Crippen molar-refractivity contribution in [2.24, 2.45) is 45.8 Å². The van der Waals surface area contributed by atoms with Gasteiger partial charge in [-0.2, -0.15) is 0 Å². The third-order valence-electron chi connectivity index (χ3n) is 11.4. The smallest absolute Gasteiger partial charge is 0.0605 e. The van der Waals surface area contributed by atoms with Gasteiger partial charge in [0.1, 0.15) is 0 Å². The number of allylic oxidation sites excluding steroid dienone is 4. The third-order valence-corrected chi connectivity index (χ3v) is 11.4. The summed E-state index contributed by atoms with van der Waals surface area (Å²) >= 11 is 0. The average molecular weight is 441 g/mol. The van der Waals surface area contributed by atoms with Crippen LogP contribution in [0.15, 0.2) is 35.5 Å². The number of hydrogen-bond donors (Lipinski definition) is 2. The summed E-state index contributed by atoms with van der Waals surface area (Å²) in [4.78, 5) is 0. The molecule has 0 radical (unpaired) electrons. The maximum Gasteiger partial charge on any atom is 0.0605 e. The molecule has 0 heterocycles. The second-order valence-corrected chi connectivity index (χ2v) is 13.0. The maximum atomic E-state index is 11.2. The van der Waals surface area contributed by atoms with Crippen molar-refractivity contribution in [1.82, 2.24) is 0 Å². The molecule has 2 saturated carbocycles. The molecule has 0 spiro atoms. The molecule has 0 bridgehead atoms. The largest absolute Gasteiger partial charge is 0.393 e. The Morgan fingerprint density at radius 2 is 1.78 bits per heavy atom. The first kappa shape index (κ1) is 24.3. The van der Waals surface area contributed by atoms with Gasteiger partial charge in [0.15, 0.2) is 0 Å². The molecular weight excluding hydrogens is 392 g/mol. The van der Waals surface area contributed by atoms with Crippen LogP contribution in [-0.2, 0) is 0 Å². The predicted molar refractivity (Wildman–Crippen MR) is 134 cm³/mol. The van der Waals surface area contributed by atoms with E-state index in [4.69, 9.17) is 0 Å². The first-order valence-electron chi connectivity index (χ1n) is 13.3. The molecule has 180 valence electrons. The van der Waals surface area contributed by atoms with Gasteiger partial charge in [-0.1, -0.05) is 72.8 Å². The SMILES string of the molecule is C=C(C[C@@H](O)[C@@H](C)[C@H]1CC[C@@]2(C)C3=CCC4[C@H](C)[C@H](O)CC[C@]4(C)C3=CC[C@]12C)C(C)C. The Hall–Kier alpha value is -0.860. The van der Waals surface area contributed by atoms with Crippen LogP contribution in [0.3, 0.4) is 0 Å². The number of fused-ring (bicyclic) bond motifs is 5. The van der Waals surface area contributed by atoms with Gasteiger partial charge >= 0.3 is 0 Å². The summed E-state index contributed by atoms with van der Waals surface area (Å²) in [7, 11) is 0. The first-order valence-corrected chi connectivity index (χ1v) is 13.3. The van der Waals surface area contributed by atoms with Crippen LogP contribution in [0.5, 0.6) is 0 Å². The fourth-order valence-corrected chi connectivity index (χ4v) is 8.47. The lowest BCUT2D eigenvalue weighted by Gasteiger charge is -2.58. The molecular formula is C30H48O2. The van der Waals surface area contributed by atoms with Gasteiger partial charge in [0.25, 0.3) is 0 Å². The normalized spacial score (nSPS) is 45.3. The van der Waals surface area contributed by atoms with Crippen LogP contribution in [0.1, 0.15) is 93.4 Å². The molecule has 1 unspecified atom stereocenters. The van der Waals surface area contributed by atoms with Gasteiger partial charge in [-0.3, -0.25) is 0 Å². The van der Waals surface area contributed by atoms with E-state index in [-0.39, 0.29) is 34.4 Å². The lowest BCUT2D eigenvalue weighted by Crippen LogP contribution is -2.51. The number of aliphatic hydroxyl groups excluding tert-OH is 2. The van der Waals surface area contributed by atoms with Crippen molar-refractivity contribution in [2.45, 2.75) is 106 Å². The molecule has 4 rings (SSSR count). The Bertz CT molecular complexity index is 821. The van der Waals surface area contributed by atoms with Gasteiger partial charge in [-0.15, -0.1) is 0 Å². The number of aliphatic hydroxyl groups is 2. The second-order valence-electron chi connectivity index (χ2n) is 13.0. The van der Waals surface area contributed by atoms with Gasteiger partial charge in [0.2, 0.25) is 0 Å².